The predicted molar refractivity (Wildman–Crippen MR) is 226 cm³/mol. The zero-order valence-electron chi connectivity index (χ0n) is 34.0. The topological polar surface area (TPSA) is 82.9 Å². The van der Waals surface area contributed by atoms with E-state index >= 15 is 0 Å². The van der Waals surface area contributed by atoms with Crippen LogP contribution in [0.5, 0.6) is 0 Å². The fourth-order valence-electron chi connectivity index (χ4n) is 4.13. The normalized spacial score (nSPS) is 18.7. The van der Waals surface area contributed by atoms with Gasteiger partial charge in [0.05, 0.1) is 50.8 Å². The van der Waals surface area contributed by atoms with Crippen LogP contribution in [0.25, 0.3) is 0 Å². The van der Waals surface area contributed by atoms with Crippen molar-refractivity contribution in [2.45, 2.75) is 141 Å². The summed E-state index contributed by atoms with van der Waals surface area (Å²) < 4.78 is 26.0. The molecule has 0 aromatic heterocycles. The van der Waals surface area contributed by atoms with Gasteiger partial charge in [0.25, 0.3) is 0 Å². The Kier molecular flexibility index (Phi) is 35.5. The molecule has 0 aliphatic carbocycles. The molecule has 2 aromatic carbocycles. The lowest BCUT2D eigenvalue weighted by molar-refractivity contribution is -0.115. The summed E-state index contributed by atoms with van der Waals surface area (Å²) in [5.74, 6) is 0.167. The minimum atomic E-state index is 0. The van der Waals surface area contributed by atoms with E-state index in [1.165, 1.54) is 62.0 Å². The summed E-state index contributed by atoms with van der Waals surface area (Å²) in [5, 5.41) is 0. The summed E-state index contributed by atoms with van der Waals surface area (Å²) in [6.07, 6.45) is 7.48. The molecule has 4 saturated heterocycles. The Balaban J connectivity index is -0.000000971. The van der Waals surface area contributed by atoms with Gasteiger partial charge < -0.3 is 38.3 Å². The van der Waals surface area contributed by atoms with Crippen LogP contribution in [0.4, 0.5) is 11.4 Å². The number of carbonyl (C=O) groups excluding carboxylic acids is 1. The van der Waals surface area contributed by atoms with Crippen molar-refractivity contribution in [2.75, 3.05) is 76.6 Å². The maximum atomic E-state index is 9.44. The number of nitrogens with zero attached hydrogens (tertiary/aromatic N) is 2. The van der Waals surface area contributed by atoms with Crippen molar-refractivity contribution in [3.8, 4) is 0 Å². The van der Waals surface area contributed by atoms with Crippen molar-refractivity contribution in [1.82, 2.24) is 0 Å². The van der Waals surface area contributed by atoms with Crippen molar-refractivity contribution < 1.29 is 28.5 Å². The number of ketones is 1. The number of ether oxygens (including phenoxy) is 5. The molecular formula is C44H82N2O6. The lowest BCUT2D eigenvalue weighted by atomic mass is 10.0. The minimum absolute atomic E-state index is 0. The van der Waals surface area contributed by atoms with Crippen LogP contribution >= 0.6 is 0 Å². The van der Waals surface area contributed by atoms with Crippen LogP contribution in [0.2, 0.25) is 0 Å². The standard InChI is InChI=1S/C25H30N2O4.C3H6O.4C3H8.C2H6O.2CH4/c1-5-20(26(10-22-14-28-22)11-23-15-29-23)6-2-18(1)9-19-3-7-21(8-4-19)27(12-24-16-30-24)13-25-17-31-25;1-3(2)4;5*1-3-2;;/h1-8,22-25H,9-17H2;1-2H3;4*3H2,1-2H3;1-2H3;2*1H4. The molecule has 0 radical (unpaired) electrons. The van der Waals surface area contributed by atoms with Crippen LogP contribution in [0.1, 0.15) is 121 Å². The molecule has 304 valence electrons. The van der Waals surface area contributed by atoms with E-state index in [9.17, 15) is 4.79 Å². The molecule has 4 atom stereocenters. The second-order valence-corrected chi connectivity index (χ2v) is 13.3. The van der Waals surface area contributed by atoms with Gasteiger partial charge in [-0.25, -0.2) is 0 Å². The Morgan fingerprint density at radius 1 is 0.538 bits per heavy atom. The molecular weight excluding hydrogens is 652 g/mol. The van der Waals surface area contributed by atoms with E-state index in [2.05, 4.69) is 118 Å². The first kappa shape index (κ1) is 53.9. The summed E-state index contributed by atoms with van der Waals surface area (Å²) >= 11 is 0. The number of carbonyl (C=O) groups is 1. The van der Waals surface area contributed by atoms with Crippen LogP contribution in [0.15, 0.2) is 48.5 Å². The van der Waals surface area contributed by atoms with Gasteiger partial charge in [0.1, 0.15) is 5.78 Å². The Bertz CT molecular complexity index is 932. The Morgan fingerprint density at radius 3 is 0.865 bits per heavy atom. The molecule has 0 amide bonds. The number of hydrogen-bond donors (Lipinski definition) is 0. The van der Waals surface area contributed by atoms with E-state index in [4.69, 9.17) is 18.9 Å². The summed E-state index contributed by atoms with van der Waals surface area (Å²) in [5.41, 5.74) is 5.17. The number of epoxide rings is 4. The molecule has 0 bridgehead atoms. The molecule has 8 heteroatoms. The second kappa shape index (κ2) is 34.3. The third-order valence-electron chi connectivity index (χ3n) is 6.32. The summed E-state index contributed by atoms with van der Waals surface area (Å²) in [7, 11) is 3.25. The molecule has 4 aliphatic heterocycles. The highest BCUT2D eigenvalue weighted by Gasteiger charge is 2.32. The van der Waals surface area contributed by atoms with E-state index in [0.29, 0.717) is 24.4 Å². The molecule has 0 N–H and O–H groups in total. The smallest absolute Gasteiger partial charge is 0.126 e. The molecule has 0 saturated carbocycles. The van der Waals surface area contributed by atoms with Crippen molar-refractivity contribution in [3.05, 3.63) is 59.7 Å². The first-order valence-corrected chi connectivity index (χ1v) is 19.1. The number of anilines is 2. The predicted octanol–water partition coefficient (Wildman–Crippen LogP) is 10.3. The molecule has 4 heterocycles. The molecule has 0 spiro atoms. The Hall–Kier alpha value is -2.49. The molecule has 4 aliphatic rings. The maximum absolute atomic E-state index is 9.44. The minimum Gasteiger partial charge on any atom is -0.388 e. The van der Waals surface area contributed by atoms with E-state index in [1.807, 2.05) is 0 Å². The molecule has 6 rings (SSSR count). The number of rotatable bonds is 12. The van der Waals surface area contributed by atoms with E-state index in [1.54, 1.807) is 14.2 Å². The lowest BCUT2D eigenvalue weighted by Gasteiger charge is -2.24. The number of benzene rings is 2. The van der Waals surface area contributed by atoms with Crippen molar-refractivity contribution in [2.24, 2.45) is 0 Å². The van der Waals surface area contributed by atoms with Gasteiger partial charge >= 0.3 is 0 Å². The third kappa shape index (κ3) is 31.1. The highest BCUT2D eigenvalue weighted by Crippen LogP contribution is 2.26. The molecule has 8 nitrogen and oxygen atoms in total. The first-order chi connectivity index (χ1) is 24.1. The molecule has 2 aromatic rings. The zero-order valence-corrected chi connectivity index (χ0v) is 34.0. The van der Waals surface area contributed by atoms with Crippen LogP contribution < -0.4 is 9.80 Å². The van der Waals surface area contributed by atoms with Gasteiger partial charge in [0, 0.05) is 51.8 Å². The zero-order chi connectivity index (χ0) is 37.7. The van der Waals surface area contributed by atoms with Crippen molar-refractivity contribution in [1.29, 1.82) is 0 Å². The van der Waals surface area contributed by atoms with Gasteiger partial charge in [-0.3, -0.25) is 0 Å². The van der Waals surface area contributed by atoms with Gasteiger partial charge in [-0.2, -0.15) is 0 Å². The van der Waals surface area contributed by atoms with Crippen LogP contribution in [0, 0.1) is 0 Å². The fourth-order valence-corrected chi connectivity index (χ4v) is 4.13. The summed E-state index contributed by atoms with van der Waals surface area (Å²) in [6, 6.07) is 17.9. The van der Waals surface area contributed by atoms with Gasteiger partial charge in [-0.1, -0.05) is 120 Å². The number of methoxy groups -OCH3 is 1. The van der Waals surface area contributed by atoms with E-state index in [-0.39, 0.29) is 20.6 Å². The van der Waals surface area contributed by atoms with Gasteiger partial charge in [0.15, 0.2) is 0 Å². The van der Waals surface area contributed by atoms with Gasteiger partial charge in [-0.05, 0) is 55.7 Å². The quantitative estimate of drug-likeness (QED) is 0.199. The summed E-state index contributed by atoms with van der Waals surface area (Å²) in [4.78, 5) is 14.2. The number of hydrogen-bond acceptors (Lipinski definition) is 8. The first-order valence-electron chi connectivity index (χ1n) is 19.1. The average molecular weight is 735 g/mol. The Labute approximate surface area is 321 Å². The molecule has 52 heavy (non-hydrogen) atoms. The Morgan fingerprint density at radius 2 is 0.712 bits per heavy atom. The second-order valence-electron chi connectivity index (χ2n) is 13.3. The van der Waals surface area contributed by atoms with Crippen LogP contribution in [-0.2, 0) is 34.9 Å². The highest BCUT2D eigenvalue weighted by atomic mass is 16.6. The van der Waals surface area contributed by atoms with Gasteiger partial charge in [0.2, 0.25) is 0 Å². The maximum Gasteiger partial charge on any atom is 0.126 e. The largest absolute Gasteiger partial charge is 0.388 e. The number of Topliss-reactive ketones (excluding diaryl/α,β-unsaturated/α-hetero) is 1. The monoisotopic (exact) mass is 735 g/mol. The lowest BCUT2D eigenvalue weighted by Crippen LogP contribution is -2.31. The van der Waals surface area contributed by atoms with Crippen LogP contribution in [0.3, 0.4) is 0 Å². The van der Waals surface area contributed by atoms with E-state index < -0.39 is 0 Å². The molecule has 4 fully saturated rings. The average Bonchev–Trinajstić information content (AvgIpc) is 3.84. The van der Waals surface area contributed by atoms with Crippen LogP contribution in [-0.4, -0.2) is 97.0 Å². The van der Waals surface area contributed by atoms with Gasteiger partial charge in [-0.15, -0.1) is 0 Å². The van der Waals surface area contributed by atoms with E-state index in [0.717, 1.165) is 59.0 Å². The summed E-state index contributed by atoms with van der Waals surface area (Å²) in [6.45, 7) is 27.4. The van der Waals surface area contributed by atoms with Crippen molar-refractivity contribution in [3.63, 3.8) is 0 Å². The molecule has 4 unspecified atom stereocenters. The fraction of sp³-hybridized carbons (Fsp3) is 0.705. The third-order valence-corrected chi connectivity index (χ3v) is 6.32. The van der Waals surface area contributed by atoms with Crippen molar-refractivity contribution >= 4 is 17.2 Å². The highest BCUT2D eigenvalue weighted by molar-refractivity contribution is 5.72. The SMILES string of the molecule is C.C.CC(C)=O.CCC.CCC.CCC.CCC.COC.c1cc(N(CC2CO2)CC2CO2)ccc1Cc1ccc(N(CC2CO2)CC2CO2)cc1.